The predicted molar refractivity (Wildman–Crippen MR) is 118 cm³/mol. The Hall–Kier alpha value is -4.07. The highest BCUT2D eigenvalue weighted by Gasteiger charge is 2.23. The van der Waals surface area contributed by atoms with Gasteiger partial charge in [0.05, 0.1) is 18.3 Å². The van der Waals surface area contributed by atoms with E-state index < -0.39 is 0 Å². The molecular weight excluding hydrogens is 409 g/mol. The third-order valence-electron chi connectivity index (χ3n) is 4.95. The third kappa shape index (κ3) is 4.49. The van der Waals surface area contributed by atoms with Crippen molar-refractivity contribution in [3.05, 3.63) is 90.1 Å². The van der Waals surface area contributed by atoms with E-state index in [1.165, 1.54) is 12.1 Å². The van der Waals surface area contributed by atoms with Crippen molar-refractivity contribution >= 4 is 5.91 Å². The lowest BCUT2D eigenvalue weighted by molar-refractivity contribution is 0.0935. The lowest BCUT2D eigenvalue weighted by atomic mass is 10.1. The van der Waals surface area contributed by atoms with Gasteiger partial charge in [0.15, 0.2) is 5.69 Å². The van der Waals surface area contributed by atoms with Gasteiger partial charge in [-0.05, 0) is 67.9 Å². The maximum atomic E-state index is 13.2. The smallest absolute Gasteiger partial charge is 0.274 e. The number of aromatic nitrogens is 4. The normalized spacial score (nSPS) is 11.7. The first-order valence-electron chi connectivity index (χ1n) is 10.2. The van der Waals surface area contributed by atoms with Crippen molar-refractivity contribution in [3.8, 4) is 22.7 Å². The molecule has 0 spiro atoms. The number of carbonyl (C=O) groups excluding carboxylic acids is 1. The second-order valence-electron chi connectivity index (χ2n) is 7.11. The lowest BCUT2D eigenvalue weighted by Crippen LogP contribution is -2.27. The van der Waals surface area contributed by atoms with Crippen molar-refractivity contribution in [2.45, 2.75) is 19.9 Å². The average molecular weight is 431 g/mol. The Morgan fingerprint density at radius 1 is 1.06 bits per heavy atom. The molecule has 2 aromatic carbocycles. The minimum atomic E-state index is -0.383. The zero-order chi connectivity index (χ0) is 22.5. The van der Waals surface area contributed by atoms with Crippen LogP contribution < -0.4 is 10.1 Å². The molecule has 2 aromatic heterocycles. The Balaban J connectivity index is 1.69. The van der Waals surface area contributed by atoms with Gasteiger partial charge in [0.2, 0.25) is 0 Å². The first-order chi connectivity index (χ1) is 15.6. The molecule has 0 bridgehead atoms. The maximum absolute atomic E-state index is 13.2. The summed E-state index contributed by atoms with van der Waals surface area (Å²) in [5, 5.41) is 11.3. The molecule has 0 aliphatic heterocycles. The molecule has 2 heterocycles. The van der Waals surface area contributed by atoms with E-state index in [1.54, 1.807) is 41.3 Å². The Labute approximate surface area is 184 Å². The molecular formula is C24H22FN5O2. The summed E-state index contributed by atoms with van der Waals surface area (Å²) < 4.78 is 20.3. The van der Waals surface area contributed by atoms with Crippen LogP contribution in [0, 0.1) is 5.82 Å². The minimum Gasteiger partial charge on any atom is -0.494 e. The third-order valence-corrected chi connectivity index (χ3v) is 4.95. The predicted octanol–water partition coefficient (Wildman–Crippen LogP) is 4.36. The van der Waals surface area contributed by atoms with Crippen molar-refractivity contribution in [1.82, 2.24) is 25.3 Å². The van der Waals surface area contributed by atoms with Crippen LogP contribution in [0.5, 0.6) is 5.75 Å². The molecule has 162 valence electrons. The van der Waals surface area contributed by atoms with Gasteiger partial charge in [-0.3, -0.25) is 9.78 Å². The Morgan fingerprint density at radius 3 is 2.41 bits per heavy atom. The fourth-order valence-electron chi connectivity index (χ4n) is 3.33. The van der Waals surface area contributed by atoms with E-state index in [0.29, 0.717) is 12.3 Å². The molecule has 1 unspecified atom stereocenters. The number of nitrogens with zero attached hydrogens (tertiary/aromatic N) is 4. The van der Waals surface area contributed by atoms with Crippen molar-refractivity contribution < 1.29 is 13.9 Å². The van der Waals surface area contributed by atoms with Crippen LogP contribution in [-0.4, -0.2) is 32.5 Å². The molecule has 1 N–H and O–H groups in total. The second-order valence-corrected chi connectivity index (χ2v) is 7.11. The van der Waals surface area contributed by atoms with Crippen LogP contribution in [0.2, 0.25) is 0 Å². The van der Waals surface area contributed by atoms with Gasteiger partial charge < -0.3 is 10.1 Å². The number of carbonyl (C=O) groups is 1. The summed E-state index contributed by atoms with van der Waals surface area (Å²) >= 11 is 0. The largest absolute Gasteiger partial charge is 0.494 e. The molecule has 7 nitrogen and oxygen atoms in total. The van der Waals surface area contributed by atoms with E-state index >= 15 is 0 Å². The molecule has 1 amide bonds. The van der Waals surface area contributed by atoms with E-state index in [0.717, 1.165) is 22.6 Å². The van der Waals surface area contributed by atoms with Gasteiger partial charge in [0, 0.05) is 18.0 Å². The number of amides is 1. The summed E-state index contributed by atoms with van der Waals surface area (Å²) in [7, 11) is 0. The van der Waals surface area contributed by atoms with E-state index in [9.17, 15) is 9.18 Å². The van der Waals surface area contributed by atoms with Crippen LogP contribution in [0.3, 0.4) is 0 Å². The van der Waals surface area contributed by atoms with Crippen LogP contribution in [0.15, 0.2) is 73.1 Å². The fourth-order valence-corrected chi connectivity index (χ4v) is 3.33. The van der Waals surface area contributed by atoms with Crippen molar-refractivity contribution in [2.75, 3.05) is 6.61 Å². The molecule has 0 aliphatic rings. The maximum Gasteiger partial charge on any atom is 0.274 e. The molecule has 0 fully saturated rings. The molecule has 32 heavy (non-hydrogen) atoms. The van der Waals surface area contributed by atoms with Crippen LogP contribution in [0.25, 0.3) is 16.9 Å². The number of pyridine rings is 1. The summed E-state index contributed by atoms with van der Waals surface area (Å²) in [5.41, 5.74) is 2.99. The molecule has 8 heteroatoms. The zero-order valence-electron chi connectivity index (χ0n) is 17.7. The number of halogens is 1. The number of hydrogen-bond donors (Lipinski definition) is 1. The highest BCUT2D eigenvalue weighted by Crippen LogP contribution is 2.26. The van der Waals surface area contributed by atoms with Gasteiger partial charge in [0.1, 0.15) is 17.3 Å². The van der Waals surface area contributed by atoms with Crippen LogP contribution >= 0.6 is 0 Å². The summed E-state index contributed by atoms with van der Waals surface area (Å²) in [6, 6.07) is 16.6. The first kappa shape index (κ1) is 21.2. The number of hydrogen-bond acceptors (Lipinski definition) is 5. The molecule has 0 radical (unpaired) electrons. The van der Waals surface area contributed by atoms with Gasteiger partial charge in [-0.1, -0.05) is 17.3 Å². The molecule has 4 aromatic rings. The number of nitrogens with one attached hydrogen (secondary N) is 1. The lowest BCUT2D eigenvalue weighted by Gasteiger charge is -2.14. The molecule has 0 aliphatic carbocycles. The number of ether oxygens (including phenoxy) is 1. The van der Waals surface area contributed by atoms with E-state index in [-0.39, 0.29) is 23.5 Å². The first-order valence-corrected chi connectivity index (χ1v) is 10.2. The fraction of sp³-hybridized carbons (Fsp3) is 0.167. The molecule has 4 rings (SSSR count). The van der Waals surface area contributed by atoms with Crippen molar-refractivity contribution in [3.63, 3.8) is 0 Å². The minimum absolute atomic E-state index is 0.180. The Bertz CT molecular complexity index is 1190. The molecule has 0 saturated heterocycles. The van der Waals surface area contributed by atoms with Crippen molar-refractivity contribution in [1.29, 1.82) is 0 Å². The zero-order valence-corrected chi connectivity index (χ0v) is 17.7. The highest BCUT2D eigenvalue weighted by atomic mass is 19.1. The van der Waals surface area contributed by atoms with Crippen molar-refractivity contribution in [2.24, 2.45) is 0 Å². The number of benzene rings is 2. The monoisotopic (exact) mass is 431 g/mol. The summed E-state index contributed by atoms with van der Waals surface area (Å²) in [4.78, 5) is 17.2. The topological polar surface area (TPSA) is 81.9 Å². The molecule has 0 saturated carbocycles. The van der Waals surface area contributed by atoms with Crippen LogP contribution in [-0.2, 0) is 0 Å². The average Bonchev–Trinajstić information content (AvgIpc) is 3.26. The van der Waals surface area contributed by atoms with E-state index in [4.69, 9.17) is 4.74 Å². The quantitative estimate of drug-likeness (QED) is 0.470. The van der Waals surface area contributed by atoms with Gasteiger partial charge in [-0.25, -0.2) is 9.07 Å². The second kappa shape index (κ2) is 9.38. The standard InChI is InChI=1S/C24H22FN5O2/c1-3-32-21-10-8-20(9-11-21)30-23(18-12-14-26-15-13-18)22(28-29-30)24(31)27-16(2)17-4-6-19(25)7-5-17/h4-16H,3H2,1-2H3,(H,27,31). The SMILES string of the molecule is CCOc1ccc(-n2nnc(C(=O)NC(C)c3ccc(F)cc3)c2-c2ccncc2)cc1. The van der Waals surface area contributed by atoms with Gasteiger partial charge in [-0.15, -0.1) is 5.10 Å². The van der Waals surface area contributed by atoms with Gasteiger partial charge in [-0.2, -0.15) is 0 Å². The Kier molecular flexibility index (Phi) is 6.21. The van der Waals surface area contributed by atoms with Gasteiger partial charge >= 0.3 is 0 Å². The van der Waals surface area contributed by atoms with Crippen LogP contribution in [0.4, 0.5) is 4.39 Å². The summed E-state index contributed by atoms with van der Waals surface area (Å²) in [6.07, 6.45) is 3.29. The Morgan fingerprint density at radius 2 is 1.75 bits per heavy atom. The number of rotatable bonds is 7. The van der Waals surface area contributed by atoms with E-state index in [1.807, 2.05) is 38.1 Å². The van der Waals surface area contributed by atoms with Gasteiger partial charge in [0.25, 0.3) is 5.91 Å². The molecule has 1 atom stereocenters. The highest BCUT2D eigenvalue weighted by molar-refractivity contribution is 5.98. The van der Waals surface area contributed by atoms with Crippen LogP contribution in [0.1, 0.15) is 35.9 Å². The summed E-state index contributed by atoms with van der Waals surface area (Å²) in [6.45, 7) is 4.32. The summed E-state index contributed by atoms with van der Waals surface area (Å²) in [5.74, 6) is 0.0317. The van der Waals surface area contributed by atoms with E-state index in [2.05, 4.69) is 20.6 Å².